The zero-order chi connectivity index (χ0) is 27.2. The first-order chi connectivity index (χ1) is 17.1. The first-order valence-corrected chi connectivity index (χ1v) is 12.6. The molecule has 0 spiro atoms. The summed E-state index contributed by atoms with van der Waals surface area (Å²) in [5.41, 5.74) is 2.34. The predicted molar refractivity (Wildman–Crippen MR) is 139 cm³/mol. The van der Waals surface area contributed by atoms with Crippen LogP contribution >= 0.6 is 0 Å². The lowest BCUT2D eigenvalue weighted by atomic mass is 9.70. The molecule has 37 heavy (non-hydrogen) atoms. The van der Waals surface area contributed by atoms with Crippen LogP contribution in [0.5, 0.6) is 11.5 Å². The van der Waals surface area contributed by atoms with Gasteiger partial charge < -0.3 is 24.5 Å². The molecule has 0 bridgehead atoms. The van der Waals surface area contributed by atoms with Gasteiger partial charge in [-0.2, -0.15) is 0 Å². The minimum Gasteiger partial charge on any atom is -0.496 e. The van der Waals surface area contributed by atoms with E-state index < -0.39 is 12.0 Å². The van der Waals surface area contributed by atoms with Crippen molar-refractivity contribution in [3.8, 4) is 11.5 Å². The van der Waals surface area contributed by atoms with Crippen LogP contribution in [-0.2, 0) is 6.42 Å². The molecule has 0 radical (unpaired) electrons. The number of imidazole rings is 1. The fourth-order valence-electron chi connectivity index (χ4n) is 5.78. The number of halogens is 3. The van der Waals surface area contributed by atoms with Crippen LogP contribution in [0.4, 0.5) is 24.8 Å². The Morgan fingerprint density at radius 3 is 2.38 bits per heavy atom. The predicted octanol–water partition coefficient (Wildman–Crippen LogP) is 7.39. The summed E-state index contributed by atoms with van der Waals surface area (Å²) in [6.45, 7) is 10.3. The molecule has 3 aromatic rings. The number of hydrogen-bond acceptors (Lipinski definition) is 5. The number of hydrogen-bond donors (Lipinski definition) is 2. The molecule has 1 heterocycles. The average Bonchev–Trinajstić information content (AvgIpc) is 3.07. The fourth-order valence-corrected chi connectivity index (χ4v) is 5.78. The third kappa shape index (κ3) is 6.69. The van der Waals surface area contributed by atoms with E-state index in [1.807, 2.05) is 12.1 Å². The van der Waals surface area contributed by atoms with Crippen LogP contribution in [0.3, 0.4) is 0 Å². The number of anilines is 2. The maximum absolute atomic E-state index is 12.6. The molecule has 0 unspecified atom stereocenters. The smallest absolute Gasteiger partial charge is 0.496 e. The number of methoxy groups -OCH3 is 1. The van der Waals surface area contributed by atoms with Gasteiger partial charge in [0.2, 0.25) is 5.95 Å². The van der Waals surface area contributed by atoms with E-state index in [0.717, 1.165) is 35.9 Å². The lowest BCUT2D eigenvalue weighted by Gasteiger charge is -2.40. The number of nitrogens with zero attached hydrogens (tertiary/aromatic N) is 2. The maximum Gasteiger partial charge on any atom is 0.573 e. The van der Waals surface area contributed by atoms with Crippen LogP contribution in [0.2, 0.25) is 0 Å². The van der Waals surface area contributed by atoms with Crippen LogP contribution in [0, 0.1) is 11.3 Å². The topological polar surface area (TPSA) is 68.5 Å². The summed E-state index contributed by atoms with van der Waals surface area (Å²) in [6.07, 6.45) is -1.26. The molecule has 0 amide bonds. The molecule has 2 aromatic carbocycles. The van der Waals surface area contributed by atoms with Gasteiger partial charge in [-0.1, -0.05) is 20.8 Å². The minimum absolute atomic E-state index is 0.151. The van der Waals surface area contributed by atoms with Crippen molar-refractivity contribution < 1.29 is 27.8 Å². The van der Waals surface area contributed by atoms with Crippen molar-refractivity contribution in [3.05, 3.63) is 42.0 Å². The van der Waals surface area contributed by atoms with E-state index in [-0.39, 0.29) is 17.2 Å². The monoisotopic (exact) mass is 519 g/mol. The second-order valence-electron chi connectivity index (χ2n) is 11.7. The SMILES string of the molecule is COc1cc2c(cc1CC(C)(C)O)nc(Nc1ccc(OC(F)(F)F)cc1)n2[C@@H]1C[C@H](C)CC(C)(C)C1. The van der Waals surface area contributed by atoms with Crippen LogP contribution in [0.15, 0.2) is 36.4 Å². The van der Waals surface area contributed by atoms with E-state index in [4.69, 9.17) is 9.72 Å². The summed E-state index contributed by atoms with van der Waals surface area (Å²) in [6, 6.07) is 9.73. The van der Waals surface area contributed by atoms with Crippen LogP contribution in [-0.4, -0.2) is 33.7 Å². The normalized spacial score (nSPS) is 20.2. The molecule has 2 N–H and O–H groups in total. The Morgan fingerprint density at radius 1 is 1.14 bits per heavy atom. The van der Waals surface area contributed by atoms with Crippen LogP contribution in [0.25, 0.3) is 11.0 Å². The van der Waals surface area contributed by atoms with Gasteiger partial charge >= 0.3 is 6.36 Å². The number of nitrogens with one attached hydrogen (secondary N) is 1. The number of rotatable bonds is 7. The highest BCUT2D eigenvalue weighted by atomic mass is 19.4. The zero-order valence-corrected chi connectivity index (χ0v) is 22.2. The molecule has 1 saturated carbocycles. The molecule has 4 rings (SSSR count). The second kappa shape index (κ2) is 9.74. The van der Waals surface area contributed by atoms with E-state index in [9.17, 15) is 18.3 Å². The Balaban J connectivity index is 1.79. The largest absolute Gasteiger partial charge is 0.573 e. The van der Waals surface area contributed by atoms with Crippen molar-refractivity contribution in [2.24, 2.45) is 11.3 Å². The zero-order valence-electron chi connectivity index (χ0n) is 22.2. The van der Waals surface area contributed by atoms with Gasteiger partial charge in [-0.25, -0.2) is 4.98 Å². The molecule has 6 nitrogen and oxygen atoms in total. The van der Waals surface area contributed by atoms with Crippen molar-refractivity contribution in [2.45, 2.75) is 78.3 Å². The van der Waals surface area contributed by atoms with Gasteiger partial charge in [0.05, 0.1) is 23.7 Å². The van der Waals surface area contributed by atoms with Gasteiger partial charge in [-0.15, -0.1) is 13.2 Å². The molecule has 1 aliphatic carbocycles. The summed E-state index contributed by atoms with van der Waals surface area (Å²) in [4.78, 5) is 4.91. The highest BCUT2D eigenvalue weighted by molar-refractivity contribution is 5.83. The fraction of sp³-hybridized carbons (Fsp3) is 0.536. The summed E-state index contributed by atoms with van der Waals surface area (Å²) >= 11 is 0. The van der Waals surface area contributed by atoms with Gasteiger partial charge in [-0.3, -0.25) is 0 Å². The average molecular weight is 520 g/mol. The van der Waals surface area contributed by atoms with Gasteiger partial charge in [0.25, 0.3) is 0 Å². The number of alkyl halides is 3. The third-order valence-corrected chi connectivity index (χ3v) is 6.79. The molecule has 2 atom stereocenters. The molecule has 0 saturated heterocycles. The standard InChI is InChI=1S/C28H36F3N3O3/c1-17-11-20(16-26(2,3)14-17)34-23-13-24(36-6)18(15-27(4,5)35)12-22(23)33-25(34)32-19-7-9-21(10-8-19)37-28(29,30)31/h7-10,12-13,17,20,35H,11,14-16H2,1-6H3,(H,32,33)/t17-,20+/m0/s1. The van der Waals surface area contributed by atoms with Crippen LogP contribution in [0.1, 0.15) is 65.5 Å². The molecule has 202 valence electrons. The highest BCUT2D eigenvalue weighted by Gasteiger charge is 2.35. The van der Waals surface area contributed by atoms with Crippen molar-refractivity contribution in [1.82, 2.24) is 9.55 Å². The van der Waals surface area contributed by atoms with E-state index >= 15 is 0 Å². The molecule has 1 aliphatic rings. The minimum atomic E-state index is -4.74. The Kier molecular flexibility index (Phi) is 7.14. The first kappa shape index (κ1) is 27.1. The van der Waals surface area contributed by atoms with Gasteiger partial charge in [0.15, 0.2) is 0 Å². The van der Waals surface area contributed by atoms with Crippen molar-refractivity contribution in [3.63, 3.8) is 0 Å². The van der Waals surface area contributed by atoms with Gasteiger partial charge in [0, 0.05) is 24.2 Å². The Morgan fingerprint density at radius 2 is 1.81 bits per heavy atom. The Bertz CT molecular complexity index is 1240. The van der Waals surface area contributed by atoms with Gasteiger partial charge in [0.1, 0.15) is 11.5 Å². The van der Waals surface area contributed by atoms with Crippen molar-refractivity contribution >= 4 is 22.7 Å². The molecule has 0 aliphatic heterocycles. The van der Waals surface area contributed by atoms with E-state index in [0.29, 0.717) is 29.7 Å². The highest BCUT2D eigenvalue weighted by Crippen LogP contribution is 2.46. The summed E-state index contributed by atoms with van der Waals surface area (Å²) in [7, 11) is 1.62. The van der Waals surface area contributed by atoms with Crippen LogP contribution < -0.4 is 14.8 Å². The number of fused-ring (bicyclic) bond motifs is 1. The quantitative estimate of drug-likeness (QED) is 0.341. The molecule has 1 fully saturated rings. The van der Waals surface area contributed by atoms with Crippen molar-refractivity contribution in [2.75, 3.05) is 12.4 Å². The van der Waals surface area contributed by atoms with Gasteiger partial charge in [-0.05, 0) is 80.3 Å². The van der Waals surface area contributed by atoms with E-state index in [1.54, 1.807) is 33.1 Å². The van der Waals surface area contributed by atoms with Crippen molar-refractivity contribution in [1.29, 1.82) is 0 Å². The summed E-state index contributed by atoms with van der Waals surface area (Å²) in [5.74, 6) is 1.53. The molecular formula is C28H36F3N3O3. The number of aromatic nitrogens is 2. The summed E-state index contributed by atoms with van der Waals surface area (Å²) in [5, 5.41) is 13.7. The maximum atomic E-state index is 12.6. The molecular weight excluding hydrogens is 483 g/mol. The molecule has 1 aromatic heterocycles. The first-order valence-electron chi connectivity index (χ1n) is 12.6. The van der Waals surface area contributed by atoms with E-state index in [2.05, 4.69) is 35.4 Å². The Hall–Kier alpha value is -2.94. The Labute approximate surface area is 215 Å². The lowest BCUT2D eigenvalue weighted by Crippen LogP contribution is -2.29. The van der Waals surface area contributed by atoms with E-state index in [1.165, 1.54) is 12.1 Å². The third-order valence-electron chi connectivity index (χ3n) is 6.79. The molecule has 9 heteroatoms. The second-order valence-corrected chi connectivity index (χ2v) is 11.7. The number of aliphatic hydroxyl groups is 1. The number of ether oxygens (including phenoxy) is 2. The number of benzene rings is 2. The summed E-state index contributed by atoms with van der Waals surface area (Å²) < 4.78 is 49.6. The lowest BCUT2D eigenvalue weighted by molar-refractivity contribution is -0.274.